The zero-order chi connectivity index (χ0) is 14.1. The van der Waals surface area contributed by atoms with E-state index >= 15 is 0 Å². The Kier molecular flexibility index (Phi) is 6.74. The highest BCUT2D eigenvalue weighted by Crippen LogP contribution is 2.09. The van der Waals surface area contributed by atoms with Gasteiger partial charge in [0.2, 0.25) is 0 Å². The number of hydrogen-bond donors (Lipinski definition) is 2. The number of nitrogens with one attached hydrogen (secondary N) is 2. The third-order valence-corrected chi connectivity index (χ3v) is 2.55. The summed E-state index contributed by atoms with van der Waals surface area (Å²) >= 11 is 0. The third kappa shape index (κ3) is 6.67. The smallest absolute Gasteiger partial charge is 0.407 e. The minimum atomic E-state index is -0.379. The number of carbonyl (C=O) groups excluding carboxylic acids is 1. The molecule has 0 radical (unpaired) electrons. The minimum Gasteiger partial charge on any atom is -0.450 e. The lowest BCUT2D eigenvalue weighted by atomic mass is 10.2. The first kappa shape index (κ1) is 15.3. The molecule has 0 spiro atoms. The summed E-state index contributed by atoms with van der Waals surface area (Å²) in [6.07, 6.45) is -0.379. The van der Waals surface area contributed by atoms with Crippen LogP contribution in [0.25, 0.3) is 0 Å². The monoisotopic (exact) mass is 265 g/mol. The Bertz CT molecular complexity index is 377. The molecule has 106 valence electrons. The van der Waals surface area contributed by atoms with Crippen LogP contribution >= 0.6 is 0 Å². The molecule has 0 heterocycles. The zero-order valence-corrected chi connectivity index (χ0v) is 11.9. The fourth-order valence-corrected chi connectivity index (χ4v) is 1.52. The number of likely N-dealkylation sites (N-methyl/N-ethyl adjacent to an activating group) is 1. The normalized spacial score (nSPS) is 10.3. The van der Waals surface area contributed by atoms with Gasteiger partial charge in [0.15, 0.2) is 0 Å². The van der Waals surface area contributed by atoms with E-state index in [1.807, 2.05) is 38.4 Å². The van der Waals surface area contributed by atoms with Gasteiger partial charge in [-0.05, 0) is 38.7 Å². The first-order valence-corrected chi connectivity index (χ1v) is 6.50. The Morgan fingerprint density at radius 1 is 1.26 bits per heavy atom. The van der Waals surface area contributed by atoms with Crippen molar-refractivity contribution < 1.29 is 9.53 Å². The van der Waals surface area contributed by atoms with Gasteiger partial charge in [0, 0.05) is 25.3 Å². The molecule has 0 aliphatic carbocycles. The standard InChI is InChI=1S/C14H23N3O2/c1-4-19-14(18)16-11-12-5-7-13(8-6-12)15-9-10-17(2)3/h5-8,15H,4,9-11H2,1-3H3,(H,16,18). The van der Waals surface area contributed by atoms with E-state index in [2.05, 4.69) is 15.5 Å². The van der Waals surface area contributed by atoms with Gasteiger partial charge in [-0.2, -0.15) is 0 Å². The summed E-state index contributed by atoms with van der Waals surface area (Å²) < 4.78 is 4.80. The van der Waals surface area contributed by atoms with E-state index in [4.69, 9.17) is 4.74 Å². The lowest BCUT2D eigenvalue weighted by Crippen LogP contribution is -2.23. The van der Waals surface area contributed by atoms with Crippen LogP contribution < -0.4 is 10.6 Å². The number of nitrogens with zero attached hydrogens (tertiary/aromatic N) is 1. The van der Waals surface area contributed by atoms with Crippen molar-refractivity contribution in [1.82, 2.24) is 10.2 Å². The Balaban J connectivity index is 2.33. The molecule has 1 aromatic rings. The van der Waals surface area contributed by atoms with Crippen LogP contribution in [0.3, 0.4) is 0 Å². The maximum Gasteiger partial charge on any atom is 0.407 e. The van der Waals surface area contributed by atoms with Crippen LogP contribution in [-0.2, 0) is 11.3 Å². The van der Waals surface area contributed by atoms with Crippen LogP contribution in [0.5, 0.6) is 0 Å². The van der Waals surface area contributed by atoms with Gasteiger partial charge in [0.25, 0.3) is 0 Å². The zero-order valence-electron chi connectivity index (χ0n) is 11.9. The van der Waals surface area contributed by atoms with Crippen molar-refractivity contribution in [2.45, 2.75) is 13.5 Å². The van der Waals surface area contributed by atoms with Crippen molar-refractivity contribution in [2.75, 3.05) is 39.1 Å². The predicted octanol–water partition coefficient (Wildman–Crippen LogP) is 1.91. The molecule has 0 unspecified atom stereocenters. The van der Waals surface area contributed by atoms with Crippen molar-refractivity contribution in [3.05, 3.63) is 29.8 Å². The second kappa shape index (κ2) is 8.37. The first-order chi connectivity index (χ1) is 9.11. The van der Waals surface area contributed by atoms with Crippen LogP contribution in [0.15, 0.2) is 24.3 Å². The van der Waals surface area contributed by atoms with Crippen molar-refractivity contribution >= 4 is 11.8 Å². The molecular formula is C14H23N3O2. The summed E-state index contributed by atoms with van der Waals surface area (Å²) in [6, 6.07) is 8.00. The van der Waals surface area contributed by atoms with Crippen molar-refractivity contribution in [3.63, 3.8) is 0 Å². The summed E-state index contributed by atoms with van der Waals surface area (Å²) in [5, 5.41) is 6.02. The second-order valence-electron chi connectivity index (χ2n) is 4.50. The molecule has 5 heteroatoms. The number of carbonyl (C=O) groups is 1. The highest BCUT2D eigenvalue weighted by molar-refractivity contribution is 5.67. The molecule has 0 aliphatic heterocycles. The van der Waals surface area contributed by atoms with Gasteiger partial charge in [0.1, 0.15) is 0 Å². The molecule has 19 heavy (non-hydrogen) atoms. The lowest BCUT2D eigenvalue weighted by molar-refractivity contribution is 0.151. The summed E-state index contributed by atoms with van der Waals surface area (Å²) in [4.78, 5) is 13.3. The molecule has 2 N–H and O–H groups in total. The van der Waals surface area contributed by atoms with Crippen molar-refractivity contribution in [3.8, 4) is 0 Å². The van der Waals surface area contributed by atoms with E-state index in [1.165, 1.54) is 0 Å². The van der Waals surface area contributed by atoms with Crippen LogP contribution in [0, 0.1) is 0 Å². The number of benzene rings is 1. The molecule has 0 bridgehead atoms. The van der Waals surface area contributed by atoms with E-state index in [0.29, 0.717) is 13.2 Å². The first-order valence-electron chi connectivity index (χ1n) is 6.50. The topological polar surface area (TPSA) is 53.6 Å². The SMILES string of the molecule is CCOC(=O)NCc1ccc(NCCN(C)C)cc1. The molecule has 1 aromatic carbocycles. The van der Waals surface area contributed by atoms with Crippen LogP contribution in [0.2, 0.25) is 0 Å². The fourth-order valence-electron chi connectivity index (χ4n) is 1.52. The molecular weight excluding hydrogens is 242 g/mol. The maximum atomic E-state index is 11.1. The molecule has 0 saturated carbocycles. The van der Waals surface area contributed by atoms with E-state index in [-0.39, 0.29) is 6.09 Å². The highest BCUT2D eigenvalue weighted by atomic mass is 16.5. The van der Waals surface area contributed by atoms with Gasteiger partial charge in [-0.1, -0.05) is 12.1 Å². The summed E-state index contributed by atoms with van der Waals surface area (Å²) in [7, 11) is 4.09. The number of rotatable bonds is 7. The van der Waals surface area contributed by atoms with Crippen LogP contribution in [0.1, 0.15) is 12.5 Å². The highest BCUT2D eigenvalue weighted by Gasteiger charge is 2.00. The largest absolute Gasteiger partial charge is 0.450 e. The molecule has 0 saturated heterocycles. The molecule has 1 rings (SSSR count). The van der Waals surface area contributed by atoms with Gasteiger partial charge in [-0.25, -0.2) is 4.79 Å². The van der Waals surface area contributed by atoms with Gasteiger partial charge in [-0.15, -0.1) is 0 Å². The van der Waals surface area contributed by atoms with E-state index in [9.17, 15) is 4.79 Å². The fraction of sp³-hybridized carbons (Fsp3) is 0.500. The van der Waals surface area contributed by atoms with Crippen LogP contribution in [0.4, 0.5) is 10.5 Å². The molecule has 0 fully saturated rings. The Hall–Kier alpha value is -1.75. The van der Waals surface area contributed by atoms with Gasteiger partial charge in [-0.3, -0.25) is 0 Å². The van der Waals surface area contributed by atoms with Gasteiger partial charge >= 0.3 is 6.09 Å². The molecule has 1 amide bonds. The molecule has 5 nitrogen and oxygen atoms in total. The maximum absolute atomic E-state index is 11.1. The Morgan fingerprint density at radius 2 is 1.95 bits per heavy atom. The Labute approximate surface area is 114 Å². The minimum absolute atomic E-state index is 0.379. The number of amides is 1. The number of hydrogen-bond acceptors (Lipinski definition) is 4. The quantitative estimate of drug-likeness (QED) is 0.790. The van der Waals surface area contributed by atoms with E-state index in [0.717, 1.165) is 24.3 Å². The summed E-state index contributed by atoms with van der Waals surface area (Å²) in [5.41, 5.74) is 2.13. The number of anilines is 1. The number of alkyl carbamates (subject to hydrolysis) is 1. The predicted molar refractivity (Wildman–Crippen MR) is 77.3 cm³/mol. The second-order valence-corrected chi connectivity index (χ2v) is 4.50. The molecule has 0 aliphatic rings. The van der Waals surface area contributed by atoms with Crippen molar-refractivity contribution in [1.29, 1.82) is 0 Å². The average Bonchev–Trinajstić information content (AvgIpc) is 2.38. The van der Waals surface area contributed by atoms with Gasteiger partial charge in [0.05, 0.1) is 6.61 Å². The summed E-state index contributed by atoms with van der Waals surface area (Å²) in [5.74, 6) is 0. The number of ether oxygens (including phenoxy) is 1. The molecule has 0 atom stereocenters. The van der Waals surface area contributed by atoms with Gasteiger partial charge < -0.3 is 20.3 Å². The Morgan fingerprint density at radius 3 is 2.53 bits per heavy atom. The van der Waals surface area contributed by atoms with Crippen molar-refractivity contribution in [2.24, 2.45) is 0 Å². The average molecular weight is 265 g/mol. The van der Waals surface area contributed by atoms with Crippen LogP contribution in [-0.4, -0.2) is 44.8 Å². The lowest BCUT2D eigenvalue weighted by Gasteiger charge is -2.11. The third-order valence-electron chi connectivity index (χ3n) is 2.55. The molecule has 0 aromatic heterocycles. The van der Waals surface area contributed by atoms with E-state index in [1.54, 1.807) is 6.92 Å². The summed E-state index contributed by atoms with van der Waals surface area (Å²) in [6.45, 7) is 4.56. The van der Waals surface area contributed by atoms with E-state index < -0.39 is 0 Å².